The molecule has 3 rings (SSSR count). The Kier molecular flexibility index (Phi) is 4.63. The maximum absolute atomic E-state index is 12.6. The number of rotatable bonds is 5. The van der Waals surface area contributed by atoms with Crippen LogP contribution in [0.15, 0.2) is 57.9 Å². The summed E-state index contributed by atoms with van der Waals surface area (Å²) in [5.41, 5.74) is 4.20. The van der Waals surface area contributed by atoms with E-state index in [1.54, 1.807) is 30.3 Å². The zero-order chi connectivity index (χ0) is 18.0. The van der Waals surface area contributed by atoms with E-state index in [2.05, 4.69) is 9.88 Å². The Bertz CT molecular complexity index is 970. The molecule has 0 aliphatic heterocycles. The maximum Gasteiger partial charge on any atom is 0.261 e. The standard InChI is InChI=1S/C19H20N2O3S/c1-4-15-6-5-7-17(12-15)21-25(22,23)18-10-8-16(9-11-18)19-13(2)20-24-14(19)3/h5-12,21H,4H2,1-3H3. The molecule has 1 N–H and O–H groups in total. The zero-order valence-electron chi connectivity index (χ0n) is 14.4. The molecule has 0 amide bonds. The van der Waals surface area contributed by atoms with Crippen LogP contribution >= 0.6 is 0 Å². The Morgan fingerprint density at radius 1 is 1.08 bits per heavy atom. The van der Waals surface area contributed by atoms with Crippen molar-refractivity contribution < 1.29 is 12.9 Å². The monoisotopic (exact) mass is 356 g/mol. The smallest absolute Gasteiger partial charge is 0.261 e. The van der Waals surface area contributed by atoms with E-state index in [4.69, 9.17) is 4.52 Å². The number of nitrogens with zero attached hydrogens (tertiary/aromatic N) is 1. The molecule has 1 heterocycles. The summed E-state index contributed by atoms with van der Waals surface area (Å²) in [6, 6.07) is 14.1. The van der Waals surface area contributed by atoms with E-state index in [1.807, 2.05) is 39.0 Å². The number of sulfonamides is 1. The SMILES string of the molecule is CCc1cccc(NS(=O)(=O)c2ccc(-c3c(C)noc3C)cc2)c1. The fourth-order valence-electron chi connectivity index (χ4n) is 2.76. The van der Waals surface area contributed by atoms with E-state index in [0.717, 1.165) is 28.8 Å². The third kappa shape index (κ3) is 3.58. The van der Waals surface area contributed by atoms with Gasteiger partial charge in [-0.25, -0.2) is 8.42 Å². The Balaban J connectivity index is 1.88. The summed E-state index contributed by atoms with van der Waals surface area (Å²) in [6.45, 7) is 5.72. The molecule has 2 aromatic carbocycles. The fourth-order valence-corrected chi connectivity index (χ4v) is 3.81. The highest BCUT2D eigenvalue weighted by Crippen LogP contribution is 2.28. The Labute approximate surface area is 147 Å². The number of aryl methyl sites for hydroxylation is 3. The van der Waals surface area contributed by atoms with Gasteiger partial charge in [-0.2, -0.15) is 0 Å². The van der Waals surface area contributed by atoms with Crippen LogP contribution < -0.4 is 4.72 Å². The molecule has 0 saturated heterocycles. The van der Waals surface area contributed by atoms with E-state index in [0.29, 0.717) is 11.4 Å². The van der Waals surface area contributed by atoms with Gasteiger partial charge in [-0.15, -0.1) is 0 Å². The summed E-state index contributed by atoms with van der Waals surface area (Å²) < 4.78 is 33.0. The second-order valence-corrected chi connectivity index (χ2v) is 7.57. The largest absolute Gasteiger partial charge is 0.361 e. The maximum atomic E-state index is 12.6. The molecule has 0 unspecified atom stereocenters. The second-order valence-electron chi connectivity index (χ2n) is 5.88. The fraction of sp³-hybridized carbons (Fsp3) is 0.211. The lowest BCUT2D eigenvalue weighted by Gasteiger charge is -2.10. The number of benzene rings is 2. The molecule has 0 bridgehead atoms. The van der Waals surface area contributed by atoms with Crippen molar-refractivity contribution in [3.8, 4) is 11.1 Å². The first-order chi connectivity index (χ1) is 11.9. The highest BCUT2D eigenvalue weighted by Gasteiger charge is 2.16. The molecule has 5 nitrogen and oxygen atoms in total. The van der Waals surface area contributed by atoms with Gasteiger partial charge in [0.15, 0.2) is 0 Å². The van der Waals surface area contributed by atoms with Gasteiger partial charge < -0.3 is 4.52 Å². The first-order valence-electron chi connectivity index (χ1n) is 8.06. The van der Waals surface area contributed by atoms with E-state index >= 15 is 0 Å². The van der Waals surface area contributed by atoms with Crippen LogP contribution in [0.3, 0.4) is 0 Å². The number of hydrogen-bond acceptors (Lipinski definition) is 4. The number of aromatic nitrogens is 1. The van der Waals surface area contributed by atoms with Crippen LogP contribution in [-0.2, 0) is 16.4 Å². The lowest BCUT2D eigenvalue weighted by Crippen LogP contribution is -2.13. The average molecular weight is 356 g/mol. The minimum atomic E-state index is -3.63. The van der Waals surface area contributed by atoms with Crippen LogP contribution in [0.4, 0.5) is 5.69 Å². The predicted molar refractivity (Wildman–Crippen MR) is 98.0 cm³/mol. The summed E-state index contributed by atoms with van der Waals surface area (Å²) >= 11 is 0. The van der Waals surface area contributed by atoms with Gasteiger partial charge in [-0.3, -0.25) is 4.72 Å². The third-order valence-electron chi connectivity index (χ3n) is 4.07. The molecule has 6 heteroatoms. The van der Waals surface area contributed by atoms with E-state index in [-0.39, 0.29) is 4.90 Å². The van der Waals surface area contributed by atoms with Crippen LogP contribution in [0, 0.1) is 13.8 Å². The minimum Gasteiger partial charge on any atom is -0.361 e. The molecule has 0 fully saturated rings. The molecule has 25 heavy (non-hydrogen) atoms. The van der Waals surface area contributed by atoms with Gasteiger partial charge in [0.1, 0.15) is 5.76 Å². The number of anilines is 1. The molecular weight excluding hydrogens is 336 g/mol. The van der Waals surface area contributed by atoms with Crippen molar-refractivity contribution in [3.05, 3.63) is 65.5 Å². The summed E-state index contributed by atoms with van der Waals surface area (Å²) in [5, 5.41) is 3.93. The average Bonchev–Trinajstić information content (AvgIpc) is 2.93. The molecule has 130 valence electrons. The number of nitrogens with one attached hydrogen (secondary N) is 1. The van der Waals surface area contributed by atoms with Gasteiger partial charge in [-0.1, -0.05) is 36.3 Å². The van der Waals surface area contributed by atoms with Crippen LogP contribution in [0.25, 0.3) is 11.1 Å². The highest BCUT2D eigenvalue weighted by molar-refractivity contribution is 7.92. The molecule has 1 aromatic heterocycles. The van der Waals surface area contributed by atoms with Gasteiger partial charge in [0.2, 0.25) is 0 Å². The number of hydrogen-bond donors (Lipinski definition) is 1. The summed E-state index contributed by atoms with van der Waals surface area (Å²) in [7, 11) is -3.63. The summed E-state index contributed by atoms with van der Waals surface area (Å²) in [5.74, 6) is 0.711. The van der Waals surface area contributed by atoms with Crippen molar-refractivity contribution in [1.82, 2.24) is 5.16 Å². The van der Waals surface area contributed by atoms with E-state index in [9.17, 15) is 8.42 Å². The predicted octanol–water partition coefficient (Wildman–Crippen LogP) is 4.32. The Morgan fingerprint density at radius 2 is 1.80 bits per heavy atom. The summed E-state index contributed by atoms with van der Waals surface area (Å²) in [4.78, 5) is 0.213. The second kappa shape index (κ2) is 6.72. The van der Waals surface area contributed by atoms with Gasteiger partial charge in [0.25, 0.3) is 10.0 Å². The van der Waals surface area contributed by atoms with Crippen molar-refractivity contribution >= 4 is 15.7 Å². The molecule has 0 saturated carbocycles. The van der Waals surface area contributed by atoms with Crippen molar-refractivity contribution in [2.75, 3.05) is 4.72 Å². The van der Waals surface area contributed by atoms with Crippen molar-refractivity contribution in [1.29, 1.82) is 0 Å². The summed E-state index contributed by atoms with van der Waals surface area (Å²) in [6.07, 6.45) is 0.849. The molecule has 0 aliphatic carbocycles. The minimum absolute atomic E-state index is 0.213. The van der Waals surface area contributed by atoms with Crippen molar-refractivity contribution in [3.63, 3.8) is 0 Å². The Hall–Kier alpha value is -2.60. The molecule has 0 atom stereocenters. The van der Waals surface area contributed by atoms with Gasteiger partial charge in [0, 0.05) is 11.3 Å². The van der Waals surface area contributed by atoms with Gasteiger partial charge >= 0.3 is 0 Å². The topological polar surface area (TPSA) is 72.2 Å². The molecular formula is C19H20N2O3S. The van der Waals surface area contributed by atoms with Crippen molar-refractivity contribution in [2.45, 2.75) is 32.1 Å². The molecule has 0 radical (unpaired) electrons. The van der Waals surface area contributed by atoms with E-state index < -0.39 is 10.0 Å². The van der Waals surface area contributed by atoms with Crippen LogP contribution in [0.5, 0.6) is 0 Å². The Morgan fingerprint density at radius 3 is 2.40 bits per heavy atom. The normalized spacial score (nSPS) is 11.5. The van der Waals surface area contributed by atoms with Gasteiger partial charge in [0.05, 0.1) is 10.6 Å². The lowest BCUT2D eigenvalue weighted by molar-refractivity contribution is 0.393. The third-order valence-corrected chi connectivity index (χ3v) is 5.47. The molecule has 0 spiro atoms. The quantitative estimate of drug-likeness (QED) is 0.739. The molecule has 3 aromatic rings. The zero-order valence-corrected chi connectivity index (χ0v) is 15.2. The van der Waals surface area contributed by atoms with Crippen LogP contribution in [0.1, 0.15) is 23.9 Å². The molecule has 0 aliphatic rings. The first-order valence-corrected chi connectivity index (χ1v) is 9.54. The highest BCUT2D eigenvalue weighted by atomic mass is 32.2. The van der Waals surface area contributed by atoms with Crippen LogP contribution in [-0.4, -0.2) is 13.6 Å². The van der Waals surface area contributed by atoms with Gasteiger partial charge in [-0.05, 0) is 55.7 Å². The van der Waals surface area contributed by atoms with E-state index in [1.165, 1.54) is 0 Å². The lowest BCUT2D eigenvalue weighted by atomic mass is 10.0. The first kappa shape index (κ1) is 17.2. The van der Waals surface area contributed by atoms with Crippen molar-refractivity contribution in [2.24, 2.45) is 0 Å². The van der Waals surface area contributed by atoms with Crippen LogP contribution in [0.2, 0.25) is 0 Å².